The summed E-state index contributed by atoms with van der Waals surface area (Å²) in [6.07, 6.45) is -2.15. The minimum absolute atomic E-state index is 0.0426. The van der Waals surface area contributed by atoms with E-state index < -0.39 is 12.6 Å². The molecule has 0 saturated carbocycles. The highest BCUT2D eigenvalue weighted by atomic mass is 19.4. The number of anilines is 1. The highest BCUT2D eigenvalue weighted by molar-refractivity contribution is 5.93. The number of rotatable bonds is 6. The standard InChI is InChI=1S/C16H24F3N5O/c1-10(2)12-8-24(5-4-16(17,18)19)9-13(12)23-14(25)11-6-21-15(20-3)22-7-11/h6-7,10,12-13H,4-5,8-9H2,1-3H3,(H,23,25)(H,20,21,22)/t12-,13+/m0/s1. The van der Waals surface area contributed by atoms with Gasteiger partial charge in [0, 0.05) is 45.1 Å². The van der Waals surface area contributed by atoms with Gasteiger partial charge in [0.25, 0.3) is 5.91 Å². The number of likely N-dealkylation sites (tertiary alicyclic amines) is 1. The molecule has 0 aliphatic carbocycles. The van der Waals surface area contributed by atoms with Gasteiger partial charge in [-0.3, -0.25) is 4.79 Å². The number of carbonyl (C=O) groups is 1. The highest BCUT2D eigenvalue weighted by Crippen LogP contribution is 2.27. The molecule has 2 rings (SSSR count). The molecule has 6 nitrogen and oxygen atoms in total. The van der Waals surface area contributed by atoms with Gasteiger partial charge in [0.15, 0.2) is 0 Å². The van der Waals surface area contributed by atoms with Crippen LogP contribution in [0.5, 0.6) is 0 Å². The van der Waals surface area contributed by atoms with Gasteiger partial charge in [0.05, 0.1) is 12.0 Å². The summed E-state index contributed by atoms with van der Waals surface area (Å²) >= 11 is 0. The molecule has 2 atom stereocenters. The van der Waals surface area contributed by atoms with Gasteiger partial charge in [-0.15, -0.1) is 0 Å². The number of amides is 1. The van der Waals surface area contributed by atoms with Crippen LogP contribution < -0.4 is 10.6 Å². The molecule has 1 amide bonds. The number of nitrogens with one attached hydrogen (secondary N) is 2. The van der Waals surface area contributed by atoms with Crippen molar-refractivity contribution in [1.29, 1.82) is 0 Å². The second-order valence-corrected chi connectivity index (χ2v) is 6.66. The maximum absolute atomic E-state index is 12.4. The average Bonchev–Trinajstić information content (AvgIpc) is 2.95. The molecule has 1 aromatic rings. The number of alkyl halides is 3. The van der Waals surface area contributed by atoms with E-state index in [-0.39, 0.29) is 30.3 Å². The summed E-state index contributed by atoms with van der Waals surface area (Å²) in [6.45, 7) is 4.96. The Balaban J connectivity index is 1.98. The van der Waals surface area contributed by atoms with Crippen LogP contribution in [0.2, 0.25) is 0 Å². The second kappa shape index (κ2) is 7.99. The molecule has 0 aromatic carbocycles. The molecule has 1 aliphatic rings. The van der Waals surface area contributed by atoms with Crippen LogP contribution in [-0.2, 0) is 0 Å². The lowest BCUT2D eigenvalue weighted by atomic mass is 9.91. The molecular formula is C16H24F3N5O. The summed E-state index contributed by atoms with van der Waals surface area (Å²) in [4.78, 5) is 22.1. The molecule has 1 saturated heterocycles. The van der Waals surface area contributed by atoms with Crippen LogP contribution in [0, 0.1) is 11.8 Å². The normalized spacial score (nSPS) is 21.6. The van der Waals surface area contributed by atoms with Crippen LogP contribution in [0.3, 0.4) is 0 Å². The molecule has 1 aliphatic heterocycles. The van der Waals surface area contributed by atoms with Gasteiger partial charge in [-0.2, -0.15) is 13.2 Å². The van der Waals surface area contributed by atoms with E-state index in [9.17, 15) is 18.0 Å². The predicted molar refractivity (Wildman–Crippen MR) is 88.3 cm³/mol. The average molecular weight is 359 g/mol. The van der Waals surface area contributed by atoms with Crippen LogP contribution in [0.15, 0.2) is 12.4 Å². The predicted octanol–water partition coefficient (Wildman–Crippen LogP) is 2.16. The molecule has 2 N–H and O–H groups in total. The Kier molecular flexibility index (Phi) is 6.21. The molecule has 9 heteroatoms. The van der Waals surface area contributed by atoms with Gasteiger partial charge in [-0.05, 0) is 11.8 Å². The van der Waals surface area contributed by atoms with E-state index in [4.69, 9.17) is 0 Å². The zero-order chi connectivity index (χ0) is 18.6. The third-order valence-electron chi connectivity index (χ3n) is 4.46. The second-order valence-electron chi connectivity index (χ2n) is 6.66. The van der Waals surface area contributed by atoms with E-state index in [1.807, 2.05) is 13.8 Å². The third-order valence-corrected chi connectivity index (χ3v) is 4.46. The van der Waals surface area contributed by atoms with Gasteiger partial charge >= 0.3 is 6.18 Å². The third kappa shape index (κ3) is 5.55. The Hall–Kier alpha value is -1.90. The fraction of sp³-hybridized carbons (Fsp3) is 0.688. The zero-order valence-corrected chi connectivity index (χ0v) is 14.6. The molecule has 0 bridgehead atoms. The first-order valence-corrected chi connectivity index (χ1v) is 8.29. The Bertz CT molecular complexity index is 576. The van der Waals surface area contributed by atoms with Crippen molar-refractivity contribution in [3.63, 3.8) is 0 Å². The first-order valence-electron chi connectivity index (χ1n) is 8.29. The minimum Gasteiger partial charge on any atom is -0.357 e. The quantitative estimate of drug-likeness (QED) is 0.815. The largest absolute Gasteiger partial charge is 0.390 e. The molecule has 2 heterocycles. The topological polar surface area (TPSA) is 70.2 Å². The van der Waals surface area contributed by atoms with Gasteiger partial charge in [0.2, 0.25) is 5.95 Å². The molecule has 1 fully saturated rings. The van der Waals surface area contributed by atoms with Crippen molar-refractivity contribution in [3.8, 4) is 0 Å². The van der Waals surface area contributed by atoms with Crippen molar-refractivity contribution in [1.82, 2.24) is 20.2 Å². The van der Waals surface area contributed by atoms with Crippen molar-refractivity contribution in [2.24, 2.45) is 11.8 Å². The molecule has 140 valence electrons. The van der Waals surface area contributed by atoms with E-state index >= 15 is 0 Å². The van der Waals surface area contributed by atoms with Crippen molar-refractivity contribution >= 4 is 11.9 Å². The summed E-state index contributed by atoms with van der Waals surface area (Å²) < 4.78 is 37.3. The number of hydrogen-bond acceptors (Lipinski definition) is 5. The van der Waals surface area contributed by atoms with Gasteiger partial charge < -0.3 is 15.5 Å². The number of hydrogen-bond donors (Lipinski definition) is 2. The van der Waals surface area contributed by atoms with Gasteiger partial charge in [-0.1, -0.05) is 13.8 Å². The monoisotopic (exact) mass is 359 g/mol. The lowest BCUT2D eigenvalue weighted by molar-refractivity contribution is -0.137. The van der Waals surface area contributed by atoms with Crippen LogP contribution in [0.4, 0.5) is 19.1 Å². The summed E-state index contributed by atoms with van der Waals surface area (Å²) in [5.41, 5.74) is 0.329. The SMILES string of the molecule is CNc1ncc(C(=O)N[C@@H]2CN(CCC(F)(F)F)C[C@H]2C(C)C)cn1. The van der Waals surface area contributed by atoms with Crippen molar-refractivity contribution in [2.45, 2.75) is 32.5 Å². The summed E-state index contributed by atoms with van der Waals surface area (Å²) in [5, 5.41) is 5.70. The van der Waals surface area contributed by atoms with Crippen molar-refractivity contribution < 1.29 is 18.0 Å². The minimum atomic E-state index is -4.17. The van der Waals surface area contributed by atoms with E-state index in [1.165, 1.54) is 12.4 Å². The smallest absolute Gasteiger partial charge is 0.357 e. The molecule has 25 heavy (non-hydrogen) atoms. The zero-order valence-electron chi connectivity index (χ0n) is 14.6. The van der Waals surface area contributed by atoms with E-state index in [2.05, 4.69) is 20.6 Å². The lowest BCUT2D eigenvalue weighted by Crippen LogP contribution is -2.42. The maximum atomic E-state index is 12.4. The Morgan fingerprint density at radius 1 is 1.32 bits per heavy atom. The molecule has 0 radical (unpaired) electrons. The molecule has 1 aromatic heterocycles. The highest BCUT2D eigenvalue weighted by Gasteiger charge is 2.37. The van der Waals surface area contributed by atoms with Crippen molar-refractivity contribution in [3.05, 3.63) is 18.0 Å². The molecule has 0 unspecified atom stereocenters. The van der Waals surface area contributed by atoms with Crippen LogP contribution in [0.1, 0.15) is 30.6 Å². The first-order chi connectivity index (χ1) is 11.7. The summed E-state index contributed by atoms with van der Waals surface area (Å²) in [5.74, 6) is 0.463. The van der Waals surface area contributed by atoms with Gasteiger partial charge in [-0.25, -0.2) is 9.97 Å². The Morgan fingerprint density at radius 2 is 1.96 bits per heavy atom. The number of carbonyl (C=O) groups excluding carboxylic acids is 1. The first kappa shape index (κ1) is 19.4. The van der Waals surface area contributed by atoms with E-state index in [0.717, 1.165) is 0 Å². The fourth-order valence-electron chi connectivity index (χ4n) is 3.04. The van der Waals surface area contributed by atoms with E-state index in [1.54, 1.807) is 11.9 Å². The van der Waals surface area contributed by atoms with Crippen LogP contribution in [-0.4, -0.2) is 59.7 Å². The lowest BCUT2D eigenvalue weighted by Gasteiger charge is -2.22. The van der Waals surface area contributed by atoms with Gasteiger partial charge in [0.1, 0.15) is 0 Å². The summed E-state index contributed by atoms with van der Waals surface area (Å²) in [6, 6.07) is -0.190. The summed E-state index contributed by atoms with van der Waals surface area (Å²) in [7, 11) is 1.68. The van der Waals surface area contributed by atoms with Crippen molar-refractivity contribution in [2.75, 3.05) is 32.0 Å². The van der Waals surface area contributed by atoms with Crippen LogP contribution >= 0.6 is 0 Å². The number of halogens is 3. The number of nitrogens with zero attached hydrogens (tertiary/aromatic N) is 3. The van der Waals surface area contributed by atoms with E-state index in [0.29, 0.717) is 24.6 Å². The number of aromatic nitrogens is 2. The molecule has 0 spiro atoms. The Morgan fingerprint density at radius 3 is 2.48 bits per heavy atom. The fourth-order valence-corrected chi connectivity index (χ4v) is 3.04. The van der Waals surface area contributed by atoms with Crippen LogP contribution in [0.25, 0.3) is 0 Å². The Labute approximate surface area is 145 Å². The maximum Gasteiger partial charge on any atom is 0.390 e. The molecular weight excluding hydrogens is 335 g/mol.